The van der Waals surface area contributed by atoms with Crippen LogP contribution in [-0.4, -0.2) is 67.0 Å². The average molecular weight is 411 g/mol. The lowest BCUT2D eigenvalue weighted by Gasteiger charge is -2.31. The van der Waals surface area contributed by atoms with Crippen LogP contribution in [0.2, 0.25) is 0 Å². The van der Waals surface area contributed by atoms with Crippen LogP contribution < -0.4 is 5.32 Å². The Bertz CT molecular complexity index is 933. The molecular formula is C17H22FN5O4S. The van der Waals surface area contributed by atoms with E-state index in [1.165, 1.54) is 40.5 Å². The lowest BCUT2D eigenvalue weighted by molar-refractivity contribution is 0.0932. The van der Waals surface area contributed by atoms with Gasteiger partial charge in [0.25, 0.3) is 5.91 Å². The first-order valence-corrected chi connectivity index (χ1v) is 10.3. The van der Waals surface area contributed by atoms with Crippen molar-refractivity contribution in [3.05, 3.63) is 42.0 Å². The number of hydrogen-bond acceptors (Lipinski definition) is 6. The van der Waals surface area contributed by atoms with Crippen LogP contribution in [0.1, 0.15) is 29.4 Å². The van der Waals surface area contributed by atoms with Crippen LogP contribution >= 0.6 is 0 Å². The number of nitrogens with zero attached hydrogens (tertiary/aromatic N) is 4. The van der Waals surface area contributed by atoms with E-state index in [2.05, 4.69) is 15.6 Å². The number of carbonyl (C=O) groups is 1. The number of benzene rings is 1. The minimum Gasteiger partial charge on any atom is -0.383 e. The largest absolute Gasteiger partial charge is 0.383 e. The lowest BCUT2D eigenvalue weighted by Crippen LogP contribution is -2.41. The predicted octanol–water partition coefficient (Wildman–Crippen LogP) is 0.819. The minimum absolute atomic E-state index is 0.130. The molecular weight excluding hydrogens is 389 g/mol. The standard InChI is InChI=1S/C17H22FN5O4S/c1-27-10-8-19-17(24)15-12-23(21-20-15)13-5-4-9-22(11-13)28(25,26)16-7-3-2-6-14(16)18/h2-3,6-7,12-13H,4-5,8-11H2,1H3,(H,19,24)/t13-/m1/s1. The van der Waals surface area contributed by atoms with Gasteiger partial charge in [-0.15, -0.1) is 5.10 Å². The van der Waals surface area contributed by atoms with Crippen LogP contribution in [0.4, 0.5) is 4.39 Å². The van der Waals surface area contributed by atoms with Gasteiger partial charge in [-0.05, 0) is 25.0 Å². The smallest absolute Gasteiger partial charge is 0.273 e. The quantitative estimate of drug-likeness (QED) is 0.676. The molecule has 0 unspecified atom stereocenters. The Morgan fingerprint density at radius 3 is 2.93 bits per heavy atom. The van der Waals surface area contributed by atoms with E-state index in [4.69, 9.17) is 4.74 Å². The molecule has 11 heteroatoms. The molecule has 0 bridgehead atoms. The van der Waals surface area contributed by atoms with Crippen LogP contribution in [0.5, 0.6) is 0 Å². The Kier molecular flexibility index (Phi) is 6.37. The maximum atomic E-state index is 14.0. The number of carbonyl (C=O) groups excluding carboxylic acids is 1. The fourth-order valence-electron chi connectivity index (χ4n) is 3.06. The molecule has 1 saturated heterocycles. The van der Waals surface area contributed by atoms with E-state index in [9.17, 15) is 17.6 Å². The minimum atomic E-state index is -3.95. The molecule has 1 fully saturated rings. The molecule has 152 valence electrons. The molecule has 0 saturated carbocycles. The second-order valence-electron chi connectivity index (χ2n) is 6.42. The number of rotatable bonds is 7. The summed E-state index contributed by atoms with van der Waals surface area (Å²) in [6.45, 7) is 1.16. The summed E-state index contributed by atoms with van der Waals surface area (Å²) in [6.07, 6.45) is 2.76. The average Bonchev–Trinajstić information content (AvgIpc) is 3.19. The number of nitrogens with one attached hydrogen (secondary N) is 1. The van der Waals surface area contributed by atoms with Crippen LogP contribution in [0.15, 0.2) is 35.4 Å². The molecule has 0 radical (unpaired) electrons. The molecule has 3 rings (SSSR count). The van der Waals surface area contributed by atoms with Gasteiger partial charge in [0.2, 0.25) is 10.0 Å². The van der Waals surface area contributed by atoms with Crippen LogP contribution in [-0.2, 0) is 14.8 Å². The zero-order valence-corrected chi connectivity index (χ0v) is 16.2. The van der Waals surface area contributed by atoms with Gasteiger partial charge in [0, 0.05) is 26.7 Å². The van der Waals surface area contributed by atoms with Crippen molar-refractivity contribution in [2.45, 2.75) is 23.8 Å². The summed E-state index contributed by atoms with van der Waals surface area (Å²) in [5, 5.41) is 10.5. The van der Waals surface area contributed by atoms with E-state index in [0.29, 0.717) is 32.5 Å². The molecule has 28 heavy (non-hydrogen) atoms. The van der Waals surface area contributed by atoms with Crippen molar-refractivity contribution in [3.8, 4) is 0 Å². The highest BCUT2D eigenvalue weighted by molar-refractivity contribution is 7.89. The highest BCUT2D eigenvalue weighted by Gasteiger charge is 2.33. The summed E-state index contributed by atoms with van der Waals surface area (Å²) >= 11 is 0. The van der Waals surface area contributed by atoms with Crippen molar-refractivity contribution in [1.29, 1.82) is 0 Å². The third-order valence-electron chi connectivity index (χ3n) is 4.52. The highest BCUT2D eigenvalue weighted by atomic mass is 32.2. The fraction of sp³-hybridized carbons (Fsp3) is 0.471. The second-order valence-corrected chi connectivity index (χ2v) is 8.33. The van der Waals surface area contributed by atoms with Crippen molar-refractivity contribution in [2.75, 3.05) is 33.4 Å². The monoisotopic (exact) mass is 411 g/mol. The van der Waals surface area contributed by atoms with Crippen molar-refractivity contribution in [2.24, 2.45) is 0 Å². The van der Waals surface area contributed by atoms with Gasteiger partial charge in [-0.2, -0.15) is 4.31 Å². The number of piperidine rings is 1. The van der Waals surface area contributed by atoms with Gasteiger partial charge in [0.05, 0.1) is 18.8 Å². The summed E-state index contributed by atoms with van der Waals surface area (Å²) in [5.41, 5.74) is 0.144. The first kappa shape index (κ1) is 20.4. The summed E-state index contributed by atoms with van der Waals surface area (Å²) in [6, 6.07) is 5.03. The van der Waals surface area contributed by atoms with Gasteiger partial charge in [-0.1, -0.05) is 17.3 Å². The van der Waals surface area contributed by atoms with Crippen LogP contribution in [0.3, 0.4) is 0 Å². The first-order valence-electron chi connectivity index (χ1n) is 8.87. The number of amides is 1. The molecule has 2 heterocycles. The number of halogens is 1. The van der Waals surface area contributed by atoms with Crippen LogP contribution in [0.25, 0.3) is 0 Å². The number of sulfonamides is 1. The van der Waals surface area contributed by atoms with E-state index in [-0.39, 0.29) is 29.1 Å². The molecule has 2 aromatic rings. The molecule has 1 amide bonds. The van der Waals surface area contributed by atoms with Gasteiger partial charge >= 0.3 is 0 Å². The van der Waals surface area contributed by atoms with Crippen molar-refractivity contribution in [3.63, 3.8) is 0 Å². The summed E-state index contributed by atoms with van der Waals surface area (Å²) < 4.78 is 47.2. The van der Waals surface area contributed by atoms with Crippen molar-refractivity contribution < 1.29 is 22.3 Å². The number of aromatic nitrogens is 3. The second kappa shape index (κ2) is 8.76. The third kappa shape index (κ3) is 4.37. The topological polar surface area (TPSA) is 106 Å². The Labute approximate surface area is 162 Å². The Balaban J connectivity index is 1.72. The van der Waals surface area contributed by atoms with Gasteiger partial charge in [-0.3, -0.25) is 4.79 Å². The Morgan fingerprint density at radius 1 is 1.39 bits per heavy atom. The Hall–Kier alpha value is -2.37. The van der Waals surface area contributed by atoms with Gasteiger partial charge < -0.3 is 10.1 Å². The lowest BCUT2D eigenvalue weighted by atomic mass is 10.1. The maximum absolute atomic E-state index is 14.0. The van der Waals surface area contributed by atoms with E-state index in [1.807, 2.05) is 0 Å². The van der Waals surface area contributed by atoms with E-state index in [1.54, 1.807) is 0 Å². The van der Waals surface area contributed by atoms with Crippen molar-refractivity contribution in [1.82, 2.24) is 24.6 Å². The summed E-state index contributed by atoms with van der Waals surface area (Å²) in [5.74, 6) is -1.16. The van der Waals surface area contributed by atoms with Gasteiger partial charge in [0.15, 0.2) is 5.69 Å². The van der Waals surface area contributed by atoms with E-state index in [0.717, 1.165) is 6.07 Å². The normalized spacial score (nSPS) is 18.1. The molecule has 1 aromatic heterocycles. The third-order valence-corrected chi connectivity index (χ3v) is 6.42. The highest BCUT2D eigenvalue weighted by Crippen LogP contribution is 2.27. The SMILES string of the molecule is COCCNC(=O)c1cn([C@@H]2CCCN(S(=O)(=O)c3ccccc3F)C2)nn1. The van der Waals surface area contributed by atoms with Crippen molar-refractivity contribution >= 4 is 15.9 Å². The van der Waals surface area contributed by atoms with E-state index >= 15 is 0 Å². The zero-order valence-electron chi connectivity index (χ0n) is 15.4. The predicted molar refractivity (Wildman–Crippen MR) is 97.7 cm³/mol. The van der Waals surface area contributed by atoms with E-state index < -0.39 is 15.8 Å². The molecule has 1 aliphatic heterocycles. The van der Waals surface area contributed by atoms with Crippen LogP contribution in [0, 0.1) is 5.82 Å². The molecule has 0 aliphatic carbocycles. The molecule has 1 N–H and O–H groups in total. The fourth-order valence-corrected chi connectivity index (χ4v) is 4.65. The maximum Gasteiger partial charge on any atom is 0.273 e. The zero-order chi connectivity index (χ0) is 20.1. The Morgan fingerprint density at radius 2 is 2.18 bits per heavy atom. The molecule has 1 atom stereocenters. The molecule has 9 nitrogen and oxygen atoms in total. The summed E-state index contributed by atoms with van der Waals surface area (Å²) in [4.78, 5) is 11.7. The number of hydrogen-bond donors (Lipinski definition) is 1. The molecule has 1 aromatic carbocycles. The van der Waals surface area contributed by atoms with Gasteiger partial charge in [-0.25, -0.2) is 17.5 Å². The number of ether oxygens (including phenoxy) is 1. The first-order chi connectivity index (χ1) is 13.4. The summed E-state index contributed by atoms with van der Waals surface area (Å²) in [7, 11) is -2.42. The molecule has 1 aliphatic rings. The van der Waals surface area contributed by atoms with Gasteiger partial charge in [0.1, 0.15) is 10.7 Å². The number of methoxy groups -OCH3 is 1. The molecule has 0 spiro atoms.